The van der Waals surface area contributed by atoms with Gasteiger partial charge < -0.3 is 5.73 Å². The zero-order chi connectivity index (χ0) is 12.3. The molecule has 0 spiro atoms. The van der Waals surface area contributed by atoms with E-state index < -0.39 is 0 Å². The molecule has 1 rings (SSSR count). The summed E-state index contributed by atoms with van der Waals surface area (Å²) in [6.07, 6.45) is 4.01. The maximum Gasteiger partial charge on any atom is 0.0696 e. The van der Waals surface area contributed by atoms with E-state index in [1.54, 1.807) is 0 Å². The molecule has 1 aromatic heterocycles. The molecule has 2 atom stereocenters. The Hall–Kier alpha value is -0.350. The fourth-order valence-corrected chi connectivity index (χ4v) is 2.39. The van der Waals surface area contributed by atoms with Crippen LogP contribution in [0.5, 0.6) is 0 Å². The lowest BCUT2D eigenvalue weighted by atomic mass is 9.98. The van der Waals surface area contributed by atoms with Gasteiger partial charge in [-0.2, -0.15) is 5.10 Å². The first kappa shape index (κ1) is 13.7. The first-order chi connectivity index (χ1) is 7.47. The van der Waals surface area contributed by atoms with Crippen molar-refractivity contribution in [2.75, 3.05) is 0 Å². The molecule has 92 valence electrons. The summed E-state index contributed by atoms with van der Waals surface area (Å²) in [5, 5.41) is 4.36. The van der Waals surface area contributed by atoms with Gasteiger partial charge in [0.2, 0.25) is 0 Å². The molecule has 2 unspecified atom stereocenters. The Bertz CT molecular complexity index is 333. The Labute approximate surface area is 107 Å². The van der Waals surface area contributed by atoms with Crippen LogP contribution in [0.25, 0.3) is 0 Å². The van der Waals surface area contributed by atoms with E-state index in [-0.39, 0.29) is 6.04 Å². The first-order valence-electron chi connectivity index (χ1n) is 5.95. The summed E-state index contributed by atoms with van der Waals surface area (Å²) in [5.74, 6) is 0.650. The molecule has 16 heavy (non-hydrogen) atoms. The van der Waals surface area contributed by atoms with Crippen LogP contribution >= 0.6 is 15.9 Å². The lowest BCUT2D eigenvalue weighted by molar-refractivity contribution is 0.420. The zero-order valence-electron chi connectivity index (χ0n) is 10.6. The fraction of sp³-hybridized carbons (Fsp3) is 0.750. The molecule has 0 aliphatic carbocycles. The van der Waals surface area contributed by atoms with Gasteiger partial charge in [-0.25, -0.2) is 0 Å². The molecule has 4 heteroatoms. The van der Waals surface area contributed by atoms with Gasteiger partial charge in [0, 0.05) is 12.1 Å². The van der Waals surface area contributed by atoms with Crippen LogP contribution in [0.1, 0.15) is 58.3 Å². The van der Waals surface area contributed by atoms with Crippen LogP contribution in [0, 0.1) is 5.92 Å². The van der Waals surface area contributed by atoms with Crippen LogP contribution < -0.4 is 5.73 Å². The summed E-state index contributed by atoms with van der Waals surface area (Å²) < 4.78 is 3.04. The van der Waals surface area contributed by atoms with Crippen molar-refractivity contribution in [2.24, 2.45) is 11.7 Å². The van der Waals surface area contributed by atoms with E-state index in [1.807, 2.05) is 10.9 Å². The number of hydrogen-bond acceptors (Lipinski definition) is 2. The molecular formula is C12H22BrN3. The summed E-state index contributed by atoms with van der Waals surface area (Å²) in [6.45, 7) is 8.69. The van der Waals surface area contributed by atoms with Gasteiger partial charge in [-0.3, -0.25) is 4.68 Å². The van der Waals surface area contributed by atoms with Crippen LogP contribution in [-0.4, -0.2) is 9.78 Å². The van der Waals surface area contributed by atoms with Crippen molar-refractivity contribution >= 4 is 15.9 Å². The Morgan fingerprint density at radius 1 is 1.44 bits per heavy atom. The van der Waals surface area contributed by atoms with E-state index in [9.17, 15) is 0 Å². The summed E-state index contributed by atoms with van der Waals surface area (Å²) in [5.41, 5.74) is 7.39. The molecule has 2 N–H and O–H groups in total. The highest BCUT2D eigenvalue weighted by molar-refractivity contribution is 9.10. The number of nitrogens with two attached hydrogens (primary N) is 1. The second-order valence-electron chi connectivity index (χ2n) is 4.77. The summed E-state index contributed by atoms with van der Waals surface area (Å²) >= 11 is 3.53. The second kappa shape index (κ2) is 5.82. The minimum absolute atomic E-state index is 0.0641. The first-order valence-corrected chi connectivity index (χ1v) is 6.75. The van der Waals surface area contributed by atoms with Crippen molar-refractivity contribution in [1.29, 1.82) is 0 Å². The molecule has 0 fully saturated rings. The van der Waals surface area contributed by atoms with E-state index in [2.05, 4.69) is 48.7 Å². The average Bonchev–Trinajstić information content (AvgIpc) is 2.59. The van der Waals surface area contributed by atoms with E-state index >= 15 is 0 Å². The molecule has 0 amide bonds. The normalized spacial score (nSPS) is 15.4. The van der Waals surface area contributed by atoms with Crippen molar-refractivity contribution in [3.05, 3.63) is 16.4 Å². The van der Waals surface area contributed by atoms with Gasteiger partial charge in [-0.1, -0.05) is 20.3 Å². The Morgan fingerprint density at radius 2 is 2.06 bits per heavy atom. The second-order valence-corrected chi connectivity index (χ2v) is 5.63. The smallest absolute Gasteiger partial charge is 0.0696 e. The molecule has 0 radical (unpaired) electrons. The predicted molar refractivity (Wildman–Crippen MR) is 71.3 cm³/mol. The highest BCUT2D eigenvalue weighted by Crippen LogP contribution is 2.28. The highest BCUT2D eigenvalue weighted by Gasteiger charge is 2.19. The Morgan fingerprint density at radius 3 is 2.56 bits per heavy atom. The van der Waals surface area contributed by atoms with Gasteiger partial charge >= 0.3 is 0 Å². The van der Waals surface area contributed by atoms with Crippen molar-refractivity contribution < 1.29 is 0 Å². The number of hydrogen-bond donors (Lipinski definition) is 1. The van der Waals surface area contributed by atoms with Crippen molar-refractivity contribution in [2.45, 2.75) is 52.6 Å². The largest absolute Gasteiger partial charge is 0.323 e. The van der Waals surface area contributed by atoms with Crippen LogP contribution in [-0.2, 0) is 0 Å². The van der Waals surface area contributed by atoms with Crippen LogP contribution in [0.3, 0.4) is 0 Å². The lowest BCUT2D eigenvalue weighted by Gasteiger charge is -2.20. The standard InChI is InChI=1S/C12H22BrN3/c1-5-9(4)6-11(14)12-10(13)7-15-16(12)8(2)3/h7-9,11H,5-6,14H2,1-4H3. The van der Waals surface area contributed by atoms with Crippen LogP contribution in [0.2, 0.25) is 0 Å². The van der Waals surface area contributed by atoms with Gasteiger partial charge in [-0.15, -0.1) is 0 Å². The fourth-order valence-electron chi connectivity index (χ4n) is 1.82. The van der Waals surface area contributed by atoms with Gasteiger partial charge in [0.15, 0.2) is 0 Å². The maximum absolute atomic E-state index is 6.26. The highest BCUT2D eigenvalue weighted by atomic mass is 79.9. The van der Waals surface area contributed by atoms with E-state index in [4.69, 9.17) is 5.73 Å². The molecule has 0 saturated carbocycles. The quantitative estimate of drug-likeness (QED) is 0.898. The molecule has 1 heterocycles. The Kier molecular flexibility index (Phi) is 4.99. The average molecular weight is 288 g/mol. The number of rotatable bonds is 5. The molecule has 0 aliphatic heterocycles. The molecule has 0 saturated heterocycles. The summed E-state index contributed by atoms with van der Waals surface area (Å²) in [6, 6.07) is 0.415. The van der Waals surface area contributed by atoms with Gasteiger partial charge in [0.05, 0.1) is 16.4 Å². The van der Waals surface area contributed by atoms with E-state index in [0.29, 0.717) is 12.0 Å². The van der Waals surface area contributed by atoms with E-state index in [1.165, 1.54) is 6.42 Å². The monoisotopic (exact) mass is 287 g/mol. The minimum Gasteiger partial charge on any atom is -0.323 e. The topological polar surface area (TPSA) is 43.8 Å². The molecule has 1 aromatic rings. The molecule has 0 bridgehead atoms. The zero-order valence-corrected chi connectivity index (χ0v) is 12.2. The van der Waals surface area contributed by atoms with Gasteiger partial charge in [0.1, 0.15) is 0 Å². The number of aromatic nitrogens is 2. The van der Waals surface area contributed by atoms with Gasteiger partial charge in [0.25, 0.3) is 0 Å². The molecular weight excluding hydrogens is 266 g/mol. The van der Waals surface area contributed by atoms with Crippen molar-refractivity contribution in [3.63, 3.8) is 0 Å². The SMILES string of the molecule is CCC(C)CC(N)c1c(Br)cnn1C(C)C. The molecule has 0 aliphatic rings. The van der Waals surface area contributed by atoms with Gasteiger partial charge in [-0.05, 0) is 42.1 Å². The third-order valence-corrected chi connectivity index (χ3v) is 3.59. The van der Waals surface area contributed by atoms with Crippen molar-refractivity contribution in [3.8, 4) is 0 Å². The third kappa shape index (κ3) is 3.08. The van der Waals surface area contributed by atoms with E-state index in [0.717, 1.165) is 16.6 Å². The number of halogens is 1. The Balaban J connectivity index is 2.89. The maximum atomic E-state index is 6.26. The minimum atomic E-state index is 0.0641. The summed E-state index contributed by atoms with van der Waals surface area (Å²) in [4.78, 5) is 0. The van der Waals surface area contributed by atoms with Crippen molar-refractivity contribution in [1.82, 2.24) is 9.78 Å². The third-order valence-electron chi connectivity index (χ3n) is 2.98. The van der Waals surface area contributed by atoms with Crippen LogP contribution in [0.4, 0.5) is 0 Å². The lowest BCUT2D eigenvalue weighted by Crippen LogP contribution is -2.20. The molecule has 0 aromatic carbocycles. The van der Waals surface area contributed by atoms with Crippen LogP contribution in [0.15, 0.2) is 10.7 Å². The summed E-state index contributed by atoms with van der Waals surface area (Å²) in [7, 11) is 0. The predicted octanol–water partition coefficient (Wildman–Crippen LogP) is 3.66. The number of nitrogens with zero attached hydrogens (tertiary/aromatic N) is 2. The molecule has 3 nitrogen and oxygen atoms in total.